The van der Waals surface area contributed by atoms with Crippen LogP contribution < -0.4 is 0 Å². The first-order valence-electron chi connectivity index (χ1n) is 10.1. The van der Waals surface area contributed by atoms with Crippen LogP contribution in [-0.2, 0) is 0 Å². The molecule has 0 aliphatic heterocycles. The van der Waals surface area contributed by atoms with Crippen molar-refractivity contribution in [3.05, 3.63) is 71.2 Å². The molecule has 32 heavy (non-hydrogen) atoms. The smallest absolute Gasteiger partial charge is 0.284 e. The summed E-state index contributed by atoms with van der Waals surface area (Å²) in [4.78, 5) is 4.77. The van der Waals surface area contributed by atoms with Gasteiger partial charge in [-0.25, -0.2) is 4.98 Å². The quantitative estimate of drug-likeness (QED) is 0.306. The maximum Gasteiger partial charge on any atom is 0.284 e. The molecule has 0 atom stereocenters. The largest absolute Gasteiger partial charge is 0.411 e. The summed E-state index contributed by atoms with van der Waals surface area (Å²) in [5.74, 6) is 1.51. The Labute approximate surface area is 193 Å². The molecule has 0 unspecified atom stereocenters. The highest BCUT2D eigenvalue weighted by Gasteiger charge is 2.22. The third-order valence-electron chi connectivity index (χ3n) is 4.84. The van der Waals surface area contributed by atoms with Gasteiger partial charge in [-0.1, -0.05) is 49.7 Å². The van der Waals surface area contributed by atoms with E-state index in [4.69, 9.17) is 9.40 Å². The summed E-state index contributed by atoms with van der Waals surface area (Å²) in [6.07, 6.45) is 0. The molecule has 0 saturated heterocycles. The van der Waals surface area contributed by atoms with E-state index in [1.54, 1.807) is 11.3 Å². The molecular formula is C23H20N6OS2. The Kier molecular flexibility index (Phi) is 5.59. The first-order chi connectivity index (χ1) is 15.6. The predicted octanol–water partition coefficient (Wildman–Crippen LogP) is 6.02. The van der Waals surface area contributed by atoms with Crippen LogP contribution in [0.1, 0.15) is 31.0 Å². The molecule has 0 aliphatic carbocycles. The van der Waals surface area contributed by atoms with Gasteiger partial charge < -0.3 is 4.42 Å². The van der Waals surface area contributed by atoms with E-state index in [9.17, 15) is 0 Å². The molecule has 160 valence electrons. The minimum atomic E-state index is 0.348. The molecule has 0 amide bonds. The van der Waals surface area contributed by atoms with Crippen LogP contribution in [0.4, 0.5) is 0 Å². The summed E-state index contributed by atoms with van der Waals surface area (Å²) in [5, 5.41) is 21.2. The summed E-state index contributed by atoms with van der Waals surface area (Å²) >= 11 is 2.85. The number of aryl methyl sites for hydroxylation is 1. The van der Waals surface area contributed by atoms with E-state index in [0.29, 0.717) is 28.0 Å². The zero-order chi connectivity index (χ0) is 22.1. The van der Waals surface area contributed by atoms with Crippen LogP contribution >= 0.6 is 23.1 Å². The number of para-hydroxylation sites is 1. The molecule has 5 aromatic rings. The lowest BCUT2D eigenvalue weighted by atomic mass is 10.1. The lowest BCUT2D eigenvalue weighted by Gasteiger charge is -2.07. The van der Waals surface area contributed by atoms with Crippen LogP contribution in [0.3, 0.4) is 0 Å². The fourth-order valence-electron chi connectivity index (χ4n) is 3.08. The summed E-state index contributed by atoms with van der Waals surface area (Å²) < 4.78 is 7.88. The van der Waals surface area contributed by atoms with E-state index in [1.807, 2.05) is 66.1 Å². The van der Waals surface area contributed by atoms with Gasteiger partial charge in [-0.3, -0.25) is 4.57 Å². The summed E-state index contributed by atoms with van der Waals surface area (Å²) in [7, 11) is 0. The lowest BCUT2D eigenvalue weighted by molar-refractivity contribution is 0.465. The fraction of sp³-hybridized carbons (Fsp3) is 0.174. The van der Waals surface area contributed by atoms with Crippen molar-refractivity contribution in [2.45, 2.75) is 37.1 Å². The average molecular weight is 461 g/mol. The van der Waals surface area contributed by atoms with Crippen LogP contribution in [0, 0.1) is 6.92 Å². The monoisotopic (exact) mass is 460 g/mol. The first-order valence-corrected chi connectivity index (χ1v) is 11.8. The van der Waals surface area contributed by atoms with Crippen molar-refractivity contribution in [2.75, 3.05) is 0 Å². The number of benzene rings is 2. The Hall–Kier alpha value is -3.30. The molecule has 0 saturated carbocycles. The van der Waals surface area contributed by atoms with Gasteiger partial charge in [0.15, 0.2) is 10.8 Å². The highest BCUT2D eigenvalue weighted by Crippen LogP contribution is 2.34. The zero-order valence-electron chi connectivity index (χ0n) is 17.8. The standard InChI is InChI=1S/C23H20N6OS2/c1-14(2)18-13-31-21(24-18)19-25-27-22(29(19)17-7-5-4-6-8-17)32-23-28-26-20(30-23)16-11-9-15(3)10-12-16/h4-14H,1-3H3. The second kappa shape index (κ2) is 8.68. The van der Waals surface area contributed by atoms with Gasteiger partial charge in [-0.05, 0) is 37.1 Å². The number of hydrogen-bond donors (Lipinski definition) is 0. The molecule has 5 rings (SSSR count). The predicted molar refractivity (Wildman–Crippen MR) is 125 cm³/mol. The number of thiazole rings is 1. The van der Waals surface area contributed by atoms with E-state index in [0.717, 1.165) is 22.0 Å². The van der Waals surface area contributed by atoms with E-state index in [-0.39, 0.29) is 0 Å². The number of rotatable bonds is 6. The van der Waals surface area contributed by atoms with Gasteiger partial charge in [-0.2, -0.15) is 0 Å². The molecule has 0 bridgehead atoms. The minimum Gasteiger partial charge on any atom is -0.411 e. The Morgan fingerprint density at radius 3 is 2.44 bits per heavy atom. The molecule has 9 heteroatoms. The lowest BCUT2D eigenvalue weighted by Crippen LogP contribution is -1.99. The van der Waals surface area contributed by atoms with Crippen molar-refractivity contribution in [3.8, 4) is 28.0 Å². The van der Waals surface area contributed by atoms with Crippen LogP contribution in [0.2, 0.25) is 0 Å². The van der Waals surface area contributed by atoms with Crippen molar-refractivity contribution in [3.63, 3.8) is 0 Å². The van der Waals surface area contributed by atoms with Crippen molar-refractivity contribution >= 4 is 23.1 Å². The van der Waals surface area contributed by atoms with Gasteiger partial charge in [0.05, 0.1) is 5.69 Å². The summed E-state index contributed by atoms with van der Waals surface area (Å²) in [6, 6.07) is 17.9. The van der Waals surface area contributed by atoms with E-state index in [2.05, 4.69) is 39.6 Å². The second-order valence-electron chi connectivity index (χ2n) is 7.55. The molecule has 0 N–H and O–H groups in total. The molecule has 0 fully saturated rings. The van der Waals surface area contributed by atoms with Gasteiger partial charge in [0.2, 0.25) is 11.0 Å². The van der Waals surface area contributed by atoms with Gasteiger partial charge in [0.1, 0.15) is 0 Å². The molecule has 3 heterocycles. The first kappa shape index (κ1) is 20.6. The third kappa shape index (κ3) is 4.09. The van der Waals surface area contributed by atoms with Crippen molar-refractivity contribution in [1.82, 2.24) is 29.9 Å². The zero-order valence-corrected chi connectivity index (χ0v) is 19.4. The third-order valence-corrected chi connectivity index (χ3v) is 6.48. The Morgan fingerprint density at radius 2 is 1.72 bits per heavy atom. The molecule has 0 aliphatic rings. The van der Waals surface area contributed by atoms with Crippen LogP contribution in [-0.4, -0.2) is 29.9 Å². The van der Waals surface area contributed by atoms with Gasteiger partial charge in [-0.15, -0.1) is 31.7 Å². The van der Waals surface area contributed by atoms with Crippen molar-refractivity contribution in [1.29, 1.82) is 0 Å². The van der Waals surface area contributed by atoms with Gasteiger partial charge in [0.25, 0.3) is 5.22 Å². The topological polar surface area (TPSA) is 82.5 Å². The SMILES string of the molecule is Cc1ccc(-c2nnc(Sc3nnc(-c4nc(C(C)C)cs4)n3-c3ccccc3)o2)cc1. The normalized spacial score (nSPS) is 11.4. The van der Waals surface area contributed by atoms with Crippen molar-refractivity contribution < 1.29 is 4.42 Å². The molecule has 2 aromatic carbocycles. The molecular weight excluding hydrogens is 440 g/mol. The number of hydrogen-bond acceptors (Lipinski definition) is 8. The second-order valence-corrected chi connectivity index (χ2v) is 9.33. The molecule has 0 spiro atoms. The molecule has 0 radical (unpaired) electrons. The average Bonchev–Trinajstić information content (AvgIpc) is 3.55. The number of nitrogens with zero attached hydrogens (tertiary/aromatic N) is 6. The maximum atomic E-state index is 5.90. The van der Waals surface area contributed by atoms with Gasteiger partial charge in [0, 0.05) is 28.4 Å². The van der Waals surface area contributed by atoms with Crippen molar-refractivity contribution in [2.24, 2.45) is 0 Å². The molecule has 7 nitrogen and oxygen atoms in total. The van der Waals surface area contributed by atoms with E-state index in [1.165, 1.54) is 17.3 Å². The van der Waals surface area contributed by atoms with Crippen LogP contribution in [0.15, 0.2) is 74.8 Å². The van der Waals surface area contributed by atoms with Gasteiger partial charge >= 0.3 is 0 Å². The number of aromatic nitrogens is 6. The fourth-order valence-corrected chi connectivity index (χ4v) is 4.76. The molecule has 3 aromatic heterocycles. The highest BCUT2D eigenvalue weighted by molar-refractivity contribution is 7.99. The summed E-state index contributed by atoms with van der Waals surface area (Å²) in [6.45, 7) is 6.30. The maximum absolute atomic E-state index is 5.90. The minimum absolute atomic E-state index is 0.348. The Morgan fingerprint density at radius 1 is 0.938 bits per heavy atom. The van der Waals surface area contributed by atoms with Crippen LogP contribution in [0.25, 0.3) is 28.0 Å². The summed E-state index contributed by atoms with van der Waals surface area (Å²) in [5.41, 5.74) is 4.04. The van der Waals surface area contributed by atoms with E-state index >= 15 is 0 Å². The Bertz CT molecular complexity index is 1340. The van der Waals surface area contributed by atoms with E-state index < -0.39 is 0 Å². The Balaban J connectivity index is 1.52. The van der Waals surface area contributed by atoms with Crippen LogP contribution in [0.5, 0.6) is 0 Å². The highest BCUT2D eigenvalue weighted by atomic mass is 32.2.